The summed E-state index contributed by atoms with van der Waals surface area (Å²) in [5, 5.41) is 9.44. The first-order valence-electron chi connectivity index (χ1n) is 14.6. The standard InChI is InChI=1S/C28H54N4O2/c1-25(33)30-18-8-6-4-2-3-5-7-9-19-31-28(34)17-24-32-22-15-27(16-23-32)12-10-11-26-13-20-29-21-14-26/h26-27,29H,2-24H2,1H3,(H,30,33)(H,31,34). The van der Waals surface area contributed by atoms with Crippen LogP contribution in [0.4, 0.5) is 0 Å². The first-order valence-corrected chi connectivity index (χ1v) is 14.6. The molecule has 2 fully saturated rings. The molecule has 2 aliphatic heterocycles. The van der Waals surface area contributed by atoms with Crippen molar-refractivity contribution in [1.29, 1.82) is 0 Å². The lowest BCUT2D eigenvalue weighted by Gasteiger charge is -2.32. The molecule has 6 heteroatoms. The molecule has 2 heterocycles. The van der Waals surface area contributed by atoms with Crippen molar-refractivity contribution in [1.82, 2.24) is 20.9 Å². The van der Waals surface area contributed by atoms with E-state index < -0.39 is 0 Å². The van der Waals surface area contributed by atoms with Crippen LogP contribution in [0.2, 0.25) is 0 Å². The third-order valence-corrected chi connectivity index (χ3v) is 7.85. The van der Waals surface area contributed by atoms with Crippen LogP contribution in [0.1, 0.15) is 110 Å². The van der Waals surface area contributed by atoms with Crippen LogP contribution in [-0.4, -0.2) is 62.5 Å². The summed E-state index contributed by atoms with van der Waals surface area (Å²) >= 11 is 0. The number of hydrogen-bond donors (Lipinski definition) is 3. The zero-order valence-corrected chi connectivity index (χ0v) is 22.2. The van der Waals surface area contributed by atoms with Gasteiger partial charge in [-0.05, 0) is 76.5 Å². The molecular formula is C28H54N4O2. The van der Waals surface area contributed by atoms with Gasteiger partial charge < -0.3 is 20.9 Å². The number of rotatable bonds is 18. The number of nitrogens with zero attached hydrogens (tertiary/aromatic N) is 1. The van der Waals surface area contributed by atoms with Gasteiger partial charge in [-0.1, -0.05) is 57.8 Å². The van der Waals surface area contributed by atoms with Crippen LogP contribution in [0.25, 0.3) is 0 Å². The number of amides is 2. The molecule has 0 unspecified atom stereocenters. The number of nitrogens with one attached hydrogen (secondary N) is 3. The molecule has 0 aromatic rings. The summed E-state index contributed by atoms with van der Waals surface area (Å²) in [6.07, 6.45) is 20.0. The average Bonchev–Trinajstić information content (AvgIpc) is 2.84. The van der Waals surface area contributed by atoms with Crippen molar-refractivity contribution < 1.29 is 9.59 Å². The van der Waals surface area contributed by atoms with Crippen LogP contribution in [0.15, 0.2) is 0 Å². The van der Waals surface area contributed by atoms with Crippen molar-refractivity contribution in [2.24, 2.45) is 11.8 Å². The predicted octanol–water partition coefficient (Wildman–Crippen LogP) is 4.63. The molecule has 0 aromatic heterocycles. The molecule has 3 N–H and O–H groups in total. The Kier molecular flexibility index (Phi) is 16.3. The maximum Gasteiger partial charge on any atom is 0.221 e. The lowest BCUT2D eigenvalue weighted by atomic mass is 9.87. The Balaban J connectivity index is 1.33. The smallest absolute Gasteiger partial charge is 0.221 e. The van der Waals surface area contributed by atoms with Gasteiger partial charge >= 0.3 is 0 Å². The number of likely N-dealkylation sites (tertiary alicyclic amines) is 1. The summed E-state index contributed by atoms with van der Waals surface area (Å²) in [7, 11) is 0. The van der Waals surface area contributed by atoms with Crippen LogP contribution in [0.3, 0.4) is 0 Å². The van der Waals surface area contributed by atoms with Crippen molar-refractivity contribution in [3.63, 3.8) is 0 Å². The first-order chi connectivity index (χ1) is 16.6. The summed E-state index contributed by atoms with van der Waals surface area (Å²) < 4.78 is 0. The van der Waals surface area contributed by atoms with Crippen LogP contribution in [0, 0.1) is 11.8 Å². The minimum Gasteiger partial charge on any atom is -0.356 e. The predicted molar refractivity (Wildman–Crippen MR) is 142 cm³/mol. The number of carbonyl (C=O) groups is 2. The van der Waals surface area contributed by atoms with E-state index in [9.17, 15) is 9.59 Å². The number of unbranched alkanes of at least 4 members (excludes halogenated alkanes) is 7. The fourth-order valence-electron chi connectivity index (χ4n) is 5.52. The Labute approximate surface area is 209 Å². The first kappa shape index (κ1) is 29.1. The highest BCUT2D eigenvalue weighted by molar-refractivity contribution is 5.76. The molecule has 6 nitrogen and oxygen atoms in total. The third-order valence-electron chi connectivity index (χ3n) is 7.85. The molecule has 0 bridgehead atoms. The van der Waals surface area contributed by atoms with E-state index in [-0.39, 0.29) is 11.8 Å². The monoisotopic (exact) mass is 478 g/mol. The molecule has 2 saturated heterocycles. The van der Waals surface area contributed by atoms with Crippen molar-refractivity contribution in [2.75, 3.05) is 45.8 Å². The molecule has 0 spiro atoms. The Morgan fingerprint density at radius 3 is 1.85 bits per heavy atom. The summed E-state index contributed by atoms with van der Waals surface area (Å²) in [6, 6.07) is 0. The number of hydrogen-bond acceptors (Lipinski definition) is 4. The van der Waals surface area contributed by atoms with Crippen molar-refractivity contribution in [3.05, 3.63) is 0 Å². The van der Waals surface area contributed by atoms with Crippen LogP contribution in [-0.2, 0) is 9.59 Å². The van der Waals surface area contributed by atoms with Gasteiger partial charge in [0.25, 0.3) is 0 Å². The van der Waals surface area contributed by atoms with Gasteiger partial charge in [0.15, 0.2) is 0 Å². The van der Waals surface area contributed by atoms with E-state index in [1.165, 1.54) is 110 Å². The highest BCUT2D eigenvalue weighted by atomic mass is 16.2. The van der Waals surface area contributed by atoms with Crippen molar-refractivity contribution >= 4 is 11.8 Å². The van der Waals surface area contributed by atoms with Gasteiger partial charge in [-0.15, -0.1) is 0 Å². The molecule has 0 atom stereocenters. The topological polar surface area (TPSA) is 73.5 Å². The van der Waals surface area contributed by atoms with E-state index >= 15 is 0 Å². The lowest BCUT2D eigenvalue weighted by Crippen LogP contribution is -2.37. The molecule has 0 aliphatic carbocycles. The second-order valence-corrected chi connectivity index (χ2v) is 10.8. The summed E-state index contributed by atoms with van der Waals surface area (Å²) in [5.41, 5.74) is 0. The van der Waals surface area contributed by atoms with Gasteiger partial charge in [-0.2, -0.15) is 0 Å². The molecule has 0 radical (unpaired) electrons. The summed E-state index contributed by atoms with van der Waals surface area (Å²) in [5.74, 6) is 2.18. The van der Waals surface area contributed by atoms with Gasteiger partial charge in [0.1, 0.15) is 0 Å². The Morgan fingerprint density at radius 2 is 1.26 bits per heavy atom. The average molecular weight is 479 g/mol. The zero-order chi connectivity index (χ0) is 24.3. The molecule has 0 aromatic carbocycles. The van der Waals surface area contributed by atoms with Crippen molar-refractivity contribution in [3.8, 4) is 0 Å². The minimum absolute atomic E-state index is 0.0701. The van der Waals surface area contributed by atoms with E-state index in [4.69, 9.17) is 0 Å². The SMILES string of the molecule is CC(=O)NCCCCCCCCCCNC(=O)CCN1CCC(CCCC2CCNCC2)CC1. The molecule has 34 heavy (non-hydrogen) atoms. The van der Waals surface area contributed by atoms with Crippen LogP contribution >= 0.6 is 0 Å². The Bertz CT molecular complexity index is 528. The van der Waals surface area contributed by atoms with E-state index in [0.29, 0.717) is 6.42 Å². The Morgan fingerprint density at radius 1 is 0.735 bits per heavy atom. The normalized spacial score (nSPS) is 18.1. The van der Waals surface area contributed by atoms with Gasteiger partial charge in [0.05, 0.1) is 0 Å². The molecule has 198 valence electrons. The summed E-state index contributed by atoms with van der Waals surface area (Å²) in [6.45, 7) is 8.94. The van der Waals surface area contributed by atoms with Gasteiger partial charge in [-0.25, -0.2) is 0 Å². The molecule has 2 aliphatic rings. The maximum absolute atomic E-state index is 12.2. The fourth-order valence-corrected chi connectivity index (χ4v) is 5.52. The van der Waals surface area contributed by atoms with Gasteiger partial charge in [0, 0.05) is 33.0 Å². The lowest BCUT2D eigenvalue weighted by molar-refractivity contribution is -0.121. The summed E-state index contributed by atoms with van der Waals surface area (Å²) in [4.78, 5) is 25.5. The maximum atomic E-state index is 12.2. The van der Waals surface area contributed by atoms with Gasteiger partial charge in [0.2, 0.25) is 11.8 Å². The fraction of sp³-hybridized carbons (Fsp3) is 0.929. The highest BCUT2D eigenvalue weighted by Crippen LogP contribution is 2.26. The largest absolute Gasteiger partial charge is 0.356 e. The van der Waals surface area contributed by atoms with Crippen molar-refractivity contribution in [2.45, 2.75) is 110 Å². The molecule has 2 amide bonds. The molecule has 0 saturated carbocycles. The van der Waals surface area contributed by atoms with E-state index in [2.05, 4.69) is 20.9 Å². The third kappa shape index (κ3) is 15.0. The van der Waals surface area contributed by atoms with Crippen LogP contribution < -0.4 is 16.0 Å². The molecule has 2 rings (SSSR count). The minimum atomic E-state index is 0.0701. The van der Waals surface area contributed by atoms with E-state index in [1.807, 2.05) is 0 Å². The second-order valence-electron chi connectivity index (χ2n) is 10.8. The zero-order valence-electron chi connectivity index (χ0n) is 22.2. The second kappa shape index (κ2) is 19.1. The van der Waals surface area contributed by atoms with Crippen LogP contribution in [0.5, 0.6) is 0 Å². The quantitative estimate of drug-likeness (QED) is 0.251. The number of carbonyl (C=O) groups excluding carboxylic acids is 2. The highest BCUT2D eigenvalue weighted by Gasteiger charge is 2.20. The van der Waals surface area contributed by atoms with Gasteiger partial charge in [-0.3, -0.25) is 9.59 Å². The Hall–Kier alpha value is -1.14. The molecular weight excluding hydrogens is 424 g/mol. The van der Waals surface area contributed by atoms with E-state index in [1.54, 1.807) is 6.92 Å². The van der Waals surface area contributed by atoms with E-state index in [0.717, 1.165) is 44.3 Å². The number of piperidine rings is 2.